The summed E-state index contributed by atoms with van der Waals surface area (Å²) in [7, 11) is 0. The molecule has 0 aliphatic rings. The molecule has 0 saturated carbocycles. The topological polar surface area (TPSA) is 67.4 Å². The van der Waals surface area contributed by atoms with Crippen LogP contribution in [-0.4, -0.2) is 23.7 Å². The van der Waals surface area contributed by atoms with Gasteiger partial charge in [0.25, 0.3) is 11.8 Å². The molecule has 0 aliphatic heterocycles. The molecule has 0 saturated heterocycles. The van der Waals surface area contributed by atoms with Gasteiger partial charge in [-0.2, -0.15) is 0 Å². The van der Waals surface area contributed by atoms with E-state index in [1.54, 1.807) is 31.2 Å². The zero-order valence-electron chi connectivity index (χ0n) is 13.0. The Balaban J connectivity index is 1.73. The number of halogens is 1. The minimum Gasteiger partial charge on any atom is -0.482 e. The van der Waals surface area contributed by atoms with Gasteiger partial charge < -0.3 is 4.74 Å². The number of carbonyl (C=O) groups is 2. The molecule has 0 bridgehead atoms. The van der Waals surface area contributed by atoms with Crippen LogP contribution in [0, 0.1) is 0 Å². The average Bonchev–Trinajstić information content (AvgIpc) is 2.59. The van der Waals surface area contributed by atoms with E-state index >= 15 is 0 Å². The molecule has 0 heterocycles. The highest BCUT2D eigenvalue weighted by atomic mass is 35.5. The number of ether oxygens (including phenoxy) is 1. The van der Waals surface area contributed by atoms with E-state index in [-0.39, 0.29) is 17.8 Å². The number of hydrogen-bond donors (Lipinski definition) is 2. The van der Waals surface area contributed by atoms with Crippen LogP contribution in [0.2, 0.25) is 5.02 Å². The lowest BCUT2D eigenvalue weighted by molar-refractivity contribution is -0.129. The Morgan fingerprint density at radius 1 is 1.08 bits per heavy atom. The summed E-state index contributed by atoms with van der Waals surface area (Å²) in [6.07, 6.45) is 0. The van der Waals surface area contributed by atoms with Gasteiger partial charge >= 0.3 is 0 Å². The van der Waals surface area contributed by atoms with Crippen LogP contribution in [-0.2, 0) is 9.59 Å². The van der Waals surface area contributed by atoms with E-state index in [4.69, 9.17) is 16.3 Å². The second-order valence-corrected chi connectivity index (χ2v) is 6.65. The summed E-state index contributed by atoms with van der Waals surface area (Å²) in [4.78, 5) is 24.7. The molecular formula is C17H17ClN2O3S. The Morgan fingerprint density at radius 3 is 2.46 bits per heavy atom. The number of amides is 2. The zero-order chi connectivity index (χ0) is 17.4. The summed E-state index contributed by atoms with van der Waals surface area (Å²) < 4.78 is 5.29. The molecule has 7 heteroatoms. The van der Waals surface area contributed by atoms with Gasteiger partial charge in [0.1, 0.15) is 5.75 Å². The van der Waals surface area contributed by atoms with Crippen molar-refractivity contribution in [2.75, 3.05) is 6.61 Å². The first-order chi connectivity index (χ1) is 11.6. The van der Waals surface area contributed by atoms with Crippen molar-refractivity contribution in [2.45, 2.75) is 17.1 Å². The summed E-state index contributed by atoms with van der Waals surface area (Å²) >= 11 is 7.33. The molecular weight excluding hydrogens is 348 g/mol. The van der Waals surface area contributed by atoms with Crippen LogP contribution in [0.15, 0.2) is 59.5 Å². The van der Waals surface area contributed by atoms with Crippen LogP contribution >= 0.6 is 23.4 Å². The van der Waals surface area contributed by atoms with Crippen LogP contribution in [0.25, 0.3) is 0 Å². The number of thioether (sulfide) groups is 1. The van der Waals surface area contributed by atoms with Gasteiger partial charge in [-0.05, 0) is 31.2 Å². The number of nitrogens with one attached hydrogen (secondary N) is 2. The van der Waals surface area contributed by atoms with Crippen LogP contribution in [0.3, 0.4) is 0 Å². The summed E-state index contributed by atoms with van der Waals surface area (Å²) in [6.45, 7) is 1.52. The monoisotopic (exact) mass is 364 g/mol. The second kappa shape index (κ2) is 9.20. The maximum atomic E-state index is 12.0. The molecule has 0 spiro atoms. The van der Waals surface area contributed by atoms with E-state index in [1.165, 1.54) is 11.8 Å². The van der Waals surface area contributed by atoms with Crippen molar-refractivity contribution in [1.29, 1.82) is 0 Å². The molecule has 2 aromatic carbocycles. The summed E-state index contributed by atoms with van der Waals surface area (Å²) in [5.41, 5.74) is 4.70. The maximum Gasteiger partial charge on any atom is 0.276 e. The predicted molar refractivity (Wildman–Crippen MR) is 95.0 cm³/mol. The Labute approximate surface area is 149 Å². The largest absolute Gasteiger partial charge is 0.482 e. The fourth-order valence-corrected chi connectivity index (χ4v) is 2.81. The standard InChI is InChI=1S/C17H17ClN2O3S/c1-12(24-13-7-3-2-4-8-13)17(22)20-19-16(21)11-23-15-10-6-5-9-14(15)18/h2-10,12H,11H2,1H3,(H,19,21)(H,20,22)/t12-/m1/s1. The normalized spacial score (nSPS) is 11.4. The van der Waals surface area contributed by atoms with Crippen molar-refractivity contribution in [1.82, 2.24) is 10.9 Å². The van der Waals surface area contributed by atoms with E-state index in [2.05, 4.69) is 10.9 Å². The highest BCUT2D eigenvalue weighted by Crippen LogP contribution is 2.23. The molecule has 1 atom stereocenters. The molecule has 2 amide bonds. The highest BCUT2D eigenvalue weighted by Gasteiger charge is 2.15. The van der Waals surface area contributed by atoms with Gasteiger partial charge in [-0.1, -0.05) is 41.9 Å². The van der Waals surface area contributed by atoms with Gasteiger partial charge in [0.15, 0.2) is 6.61 Å². The lowest BCUT2D eigenvalue weighted by atomic mass is 10.3. The third-order valence-corrected chi connectivity index (χ3v) is 4.37. The molecule has 24 heavy (non-hydrogen) atoms. The van der Waals surface area contributed by atoms with Crippen molar-refractivity contribution < 1.29 is 14.3 Å². The molecule has 2 aromatic rings. The Kier molecular flexibility index (Phi) is 6.96. The van der Waals surface area contributed by atoms with E-state index < -0.39 is 5.91 Å². The fourth-order valence-electron chi connectivity index (χ4n) is 1.73. The molecule has 2 rings (SSSR count). The van der Waals surface area contributed by atoms with Crippen molar-refractivity contribution in [3.63, 3.8) is 0 Å². The molecule has 2 N–H and O–H groups in total. The number of carbonyl (C=O) groups excluding carboxylic acids is 2. The quantitative estimate of drug-likeness (QED) is 0.610. The number of para-hydroxylation sites is 1. The van der Waals surface area contributed by atoms with Crippen LogP contribution in [0.4, 0.5) is 0 Å². The minimum atomic E-state index is -0.472. The molecule has 0 aliphatic carbocycles. The first-order valence-corrected chi connectivity index (χ1v) is 8.50. The second-order valence-electron chi connectivity index (χ2n) is 4.83. The van der Waals surface area contributed by atoms with E-state index in [9.17, 15) is 9.59 Å². The van der Waals surface area contributed by atoms with Crippen LogP contribution in [0.5, 0.6) is 5.75 Å². The SMILES string of the molecule is C[C@@H](Sc1ccccc1)C(=O)NNC(=O)COc1ccccc1Cl. The van der Waals surface area contributed by atoms with Crippen molar-refractivity contribution in [3.8, 4) is 5.75 Å². The third kappa shape index (κ3) is 5.79. The molecule has 126 valence electrons. The van der Waals surface area contributed by atoms with Gasteiger partial charge in [0.2, 0.25) is 0 Å². The van der Waals surface area contributed by atoms with Gasteiger partial charge in [-0.3, -0.25) is 20.4 Å². The minimum absolute atomic E-state index is 0.246. The fraction of sp³-hybridized carbons (Fsp3) is 0.176. The van der Waals surface area contributed by atoms with E-state index in [0.717, 1.165) is 4.90 Å². The Morgan fingerprint density at radius 2 is 1.75 bits per heavy atom. The highest BCUT2D eigenvalue weighted by molar-refractivity contribution is 8.00. The zero-order valence-corrected chi connectivity index (χ0v) is 14.6. The van der Waals surface area contributed by atoms with Gasteiger partial charge in [0.05, 0.1) is 10.3 Å². The van der Waals surface area contributed by atoms with Crippen molar-refractivity contribution in [3.05, 3.63) is 59.6 Å². The first kappa shape index (κ1) is 18.2. The smallest absolute Gasteiger partial charge is 0.276 e. The molecule has 5 nitrogen and oxygen atoms in total. The summed E-state index contributed by atoms with van der Waals surface area (Å²) in [5.74, 6) is -0.358. The van der Waals surface area contributed by atoms with Crippen LogP contribution in [0.1, 0.15) is 6.92 Å². The van der Waals surface area contributed by atoms with E-state index in [1.807, 2.05) is 30.3 Å². The Bertz CT molecular complexity index is 697. The van der Waals surface area contributed by atoms with Crippen molar-refractivity contribution >= 4 is 35.2 Å². The number of hydrogen-bond acceptors (Lipinski definition) is 4. The summed E-state index contributed by atoms with van der Waals surface area (Å²) in [6, 6.07) is 16.4. The van der Waals surface area contributed by atoms with E-state index in [0.29, 0.717) is 10.8 Å². The molecule has 0 radical (unpaired) electrons. The van der Waals surface area contributed by atoms with Gasteiger partial charge in [0, 0.05) is 4.90 Å². The number of rotatable bonds is 6. The molecule has 0 unspecified atom stereocenters. The number of hydrazine groups is 1. The molecule has 0 fully saturated rings. The maximum absolute atomic E-state index is 12.0. The summed E-state index contributed by atoms with van der Waals surface area (Å²) in [5, 5.41) is 0.0689. The lowest BCUT2D eigenvalue weighted by Gasteiger charge is -2.13. The van der Waals surface area contributed by atoms with Gasteiger partial charge in [-0.15, -0.1) is 11.8 Å². The first-order valence-electron chi connectivity index (χ1n) is 7.24. The number of benzene rings is 2. The lowest BCUT2D eigenvalue weighted by Crippen LogP contribution is -2.46. The van der Waals surface area contributed by atoms with Crippen molar-refractivity contribution in [2.24, 2.45) is 0 Å². The Hall–Kier alpha value is -2.18. The van der Waals surface area contributed by atoms with Gasteiger partial charge in [-0.25, -0.2) is 0 Å². The average molecular weight is 365 g/mol. The van der Waals surface area contributed by atoms with Crippen LogP contribution < -0.4 is 15.6 Å². The predicted octanol–water partition coefficient (Wildman–Crippen LogP) is 3.05. The third-order valence-electron chi connectivity index (χ3n) is 2.95. The molecule has 0 aromatic heterocycles.